The van der Waals surface area contributed by atoms with Crippen LogP contribution >= 0.6 is 0 Å². The topological polar surface area (TPSA) is 98.0 Å². The average molecular weight is 435 g/mol. The molecule has 1 amide bonds. The SMILES string of the molecule is COCCn1c(=O)n([C@@H]2CCN(C(=O)CCc3nc4ccccc4[nH]3)C2)c2ncccc21. The highest BCUT2D eigenvalue weighted by Crippen LogP contribution is 2.25. The monoisotopic (exact) mass is 434 g/mol. The van der Waals surface area contributed by atoms with E-state index in [2.05, 4.69) is 15.0 Å². The molecule has 1 aliphatic heterocycles. The number of hydrogen-bond acceptors (Lipinski definition) is 5. The number of methoxy groups -OCH3 is 1. The van der Waals surface area contributed by atoms with Gasteiger partial charge in [0.25, 0.3) is 0 Å². The number of rotatable bonds is 7. The molecule has 0 aliphatic carbocycles. The highest BCUT2D eigenvalue weighted by Gasteiger charge is 2.30. The number of carbonyl (C=O) groups excluding carboxylic acids is 1. The number of amides is 1. The van der Waals surface area contributed by atoms with Crippen LogP contribution in [0.5, 0.6) is 0 Å². The molecule has 32 heavy (non-hydrogen) atoms. The third-order valence-electron chi connectivity index (χ3n) is 6.14. The summed E-state index contributed by atoms with van der Waals surface area (Å²) >= 11 is 0. The Bertz CT molecular complexity index is 1290. The lowest BCUT2D eigenvalue weighted by atomic mass is 10.2. The van der Waals surface area contributed by atoms with E-state index in [1.165, 1.54) is 0 Å². The Morgan fingerprint density at radius 2 is 2.12 bits per heavy atom. The molecule has 1 saturated heterocycles. The summed E-state index contributed by atoms with van der Waals surface area (Å²) in [4.78, 5) is 40.2. The summed E-state index contributed by atoms with van der Waals surface area (Å²) in [6.07, 6.45) is 3.38. The first kappa shape index (κ1) is 20.4. The van der Waals surface area contributed by atoms with Crippen molar-refractivity contribution in [3.63, 3.8) is 0 Å². The number of benzene rings is 1. The van der Waals surface area contributed by atoms with E-state index in [1.807, 2.05) is 41.3 Å². The highest BCUT2D eigenvalue weighted by molar-refractivity contribution is 5.78. The van der Waals surface area contributed by atoms with Crippen molar-refractivity contribution in [2.24, 2.45) is 0 Å². The zero-order valence-electron chi connectivity index (χ0n) is 18.0. The maximum Gasteiger partial charge on any atom is 0.330 e. The number of pyridine rings is 1. The molecule has 4 heterocycles. The molecule has 1 aromatic carbocycles. The summed E-state index contributed by atoms with van der Waals surface area (Å²) in [6.45, 7) is 2.06. The van der Waals surface area contributed by atoms with E-state index in [-0.39, 0.29) is 17.6 Å². The molecule has 0 spiro atoms. The standard InChI is InChI=1S/C23H26N6O3/c1-32-14-13-28-19-7-4-11-24-22(19)29(23(28)31)16-10-12-27(15-16)21(30)9-8-20-25-17-5-2-3-6-18(17)26-20/h2-7,11,16H,8-10,12-15H2,1H3,(H,25,26)/t16-/m1/s1. The van der Waals surface area contributed by atoms with E-state index in [0.29, 0.717) is 44.7 Å². The van der Waals surface area contributed by atoms with Gasteiger partial charge in [-0.2, -0.15) is 0 Å². The summed E-state index contributed by atoms with van der Waals surface area (Å²) in [5, 5.41) is 0. The Kier molecular flexibility index (Phi) is 5.48. The Balaban J connectivity index is 1.30. The molecule has 1 N–H and O–H groups in total. The normalized spacial score (nSPS) is 16.4. The molecule has 1 fully saturated rings. The molecule has 0 bridgehead atoms. The number of ether oxygens (including phenoxy) is 1. The van der Waals surface area contributed by atoms with Gasteiger partial charge in [-0.05, 0) is 30.7 Å². The van der Waals surface area contributed by atoms with Gasteiger partial charge in [0.15, 0.2) is 5.65 Å². The molecule has 0 unspecified atom stereocenters. The summed E-state index contributed by atoms with van der Waals surface area (Å²) in [5.74, 6) is 0.897. The summed E-state index contributed by atoms with van der Waals surface area (Å²) in [5.41, 5.74) is 3.25. The first-order valence-corrected chi connectivity index (χ1v) is 10.9. The molecule has 4 aromatic rings. The number of imidazole rings is 2. The number of aromatic nitrogens is 5. The van der Waals surface area contributed by atoms with Crippen molar-refractivity contribution < 1.29 is 9.53 Å². The van der Waals surface area contributed by atoms with Gasteiger partial charge in [-0.25, -0.2) is 14.8 Å². The van der Waals surface area contributed by atoms with Crippen LogP contribution in [0.1, 0.15) is 24.7 Å². The number of para-hydroxylation sites is 2. The van der Waals surface area contributed by atoms with Crippen LogP contribution in [0.3, 0.4) is 0 Å². The fraction of sp³-hybridized carbons (Fsp3) is 0.391. The number of fused-ring (bicyclic) bond motifs is 2. The second kappa shape index (κ2) is 8.58. The minimum Gasteiger partial charge on any atom is -0.383 e. The Morgan fingerprint density at radius 1 is 1.25 bits per heavy atom. The van der Waals surface area contributed by atoms with Crippen molar-refractivity contribution in [2.45, 2.75) is 31.8 Å². The van der Waals surface area contributed by atoms with Crippen LogP contribution in [0.25, 0.3) is 22.2 Å². The Morgan fingerprint density at radius 3 is 2.97 bits per heavy atom. The lowest BCUT2D eigenvalue weighted by Gasteiger charge is -2.16. The van der Waals surface area contributed by atoms with Crippen LogP contribution in [0.2, 0.25) is 0 Å². The summed E-state index contributed by atoms with van der Waals surface area (Å²) in [7, 11) is 1.62. The third kappa shape index (κ3) is 3.69. The lowest BCUT2D eigenvalue weighted by molar-refractivity contribution is -0.130. The smallest absolute Gasteiger partial charge is 0.330 e. The maximum atomic E-state index is 13.2. The van der Waals surface area contributed by atoms with Gasteiger partial charge in [0, 0.05) is 39.2 Å². The number of H-pyrrole nitrogens is 1. The van der Waals surface area contributed by atoms with Gasteiger partial charge < -0.3 is 14.6 Å². The zero-order chi connectivity index (χ0) is 22.1. The number of aryl methyl sites for hydroxylation is 1. The number of carbonyl (C=O) groups is 1. The third-order valence-corrected chi connectivity index (χ3v) is 6.14. The van der Waals surface area contributed by atoms with Crippen molar-refractivity contribution >= 4 is 28.1 Å². The molecule has 9 heteroatoms. The van der Waals surface area contributed by atoms with E-state index in [4.69, 9.17) is 4.74 Å². The van der Waals surface area contributed by atoms with Crippen molar-refractivity contribution in [3.05, 3.63) is 58.9 Å². The summed E-state index contributed by atoms with van der Waals surface area (Å²) < 4.78 is 8.62. The number of aromatic amines is 1. The van der Waals surface area contributed by atoms with Gasteiger partial charge in [0.2, 0.25) is 5.91 Å². The molecule has 5 rings (SSSR count). The van der Waals surface area contributed by atoms with Gasteiger partial charge in [-0.3, -0.25) is 13.9 Å². The van der Waals surface area contributed by atoms with Gasteiger partial charge in [-0.1, -0.05) is 12.1 Å². The van der Waals surface area contributed by atoms with E-state index >= 15 is 0 Å². The van der Waals surface area contributed by atoms with Gasteiger partial charge in [-0.15, -0.1) is 0 Å². The van der Waals surface area contributed by atoms with Crippen molar-refractivity contribution in [1.29, 1.82) is 0 Å². The lowest BCUT2D eigenvalue weighted by Crippen LogP contribution is -2.32. The molecule has 1 aliphatic rings. The van der Waals surface area contributed by atoms with Crippen LogP contribution < -0.4 is 5.69 Å². The fourth-order valence-corrected chi connectivity index (χ4v) is 4.52. The van der Waals surface area contributed by atoms with Crippen LogP contribution in [0.4, 0.5) is 0 Å². The number of hydrogen-bond donors (Lipinski definition) is 1. The summed E-state index contributed by atoms with van der Waals surface area (Å²) in [6, 6.07) is 11.5. The minimum absolute atomic E-state index is 0.0806. The largest absolute Gasteiger partial charge is 0.383 e. The molecular formula is C23H26N6O3. The van der Waals surface area contributed by atoms with Gasteiger partial charge in [0.05, 0.1) is 35.7 Å². The van der Waals surface area contributed by atoms with Gasteiger partial charge in [0.1, 0.15) is 5.82 Å². The van der Waals surface area contributed by atoms with Gasteiger partial charge >= 0.3 is 5.69 Å². The predicted molar refractivity (Wildman–Crippen MR) is 121 cm³/mol. The maximum absolute atomic E-state index is 13.2. The molecule has 1 atom stereocenters. The zero-order valence-corrected chi connectivity index (χ0v) is 18.0. The molecule has 3 aromatic heterocycles. The van der Waals surface area contributed by atoms with E-state index < -0.39 is 0 Å². The average Bonchev–Trinajstić information content (AvgIpc) is 3.51. The fourth-order valence-electron chi connectivity index (χ4n) is 4.52. The second-order valence-corrected chi connectivity index (χ2v) is 8.13. The molecule has 9 nitrogen and oxygen atoms in total. The molecule has 0 radical (unpaired) electrons. The molecule has 166 valence electrons. The predicted octanol–water partition coefficient (Wildman–Crippen LogP) is 2.13. The minimum atomic E-state index is -0.0997. The highest BCUT2D eigenvalue weighted by atomic mass is 16.5. The first-order valence-electron chi connectivity index (χ1n) is 10.9. The van der Waals surface area contributed by atoms with E-state index in [1.54, 1.807) is 22.4 Å². The molecule has 0 saturated carbocycles. The number of nitrogens with one attached hydrogen (secondary N) is 1. The Hall–Kier alpha value is -3.46. The van der Waals surface area contributed by atoms with Crippen LogP contribution in [-0.2, 0) is 22.5 Å². The second-order valence-electron chi connectivity index (χ2n) is 8.13. The van der Waals surface area contributed by atoms with Crippen LogP contribution in [0.15, 0.2) is 47.4 Å². The Labute approximate surface area is 184 Å². The van der Waals surface area contributed by atoms with Crippen molar-refractivity contribution in [2.75, 3.05) is 26.8 Å². The van der Waals surface area contributed by atoms with Crippen molar-refractivity contribution in [3.8, 4) is 0 Å². The molecular weight excluding hydrogens is 408 g/mol. The van der Waals surface area contributed by atoms with E-state index in [9.17, 15) is 9.59 Å². The van der Waals surface area contributed by atoms with Crippen LogP contribution in [0, 0.1) is 0 Å². The number of likely N-dealkylation sites (tertiary alicyclic amines) is 1. The quantitative estimate of drug-likeness (QED) is 0.481. The first-order chi connectivity index (χ1) is 15.7. The number of nitrogens with zero attached hydrogens (tertiary/aromatic N) is 5. The van der Waals surface area contributed by atoms with Crippen molar-refractivity contribution in [1.82, 2.24) is 29.0 Å². The van der Waals surface area contributed by atoms with Crippen LogP contribution in [-0.4, -0.2) is 61.7 Å². The van der Waals surface area contributed by atoms with E-state index in [0.717, 1.165) is 28.8 Å².